The molecule has 4 rings (SSSR count). The number of rotatable bonds is 3. The summed E-state index contributed by atoms with van der Waals surface area (Å²) in [6, 6.07) is 2.12. The van der Waals surface area contributed by atoms with Gasteiger partial charge in [-0.1, -0.05) is 19.8 Å². The Morgan fingerprint density at radius 2 is 1.95 bits per heavy atom. The molecule has 2 bridgehead atoms. The van der Waals surface area contributed by atoms with Crippen molar-refractivity contribution in [1.29, 1.82) is 0 Å². The van der Waals surface area contributed by atoms with Crippen LogP contribution in [0, 0.1) is 0 Å². The highest BCUT2D eigenvalue weighted by Gasteiger charge is 2.32. The number of hydrogen-bond donors (Lipinski definition) is 1. The summed E-state index contributed by atoms with van der Waals surface area (Å²) in [4.78, 5) is 7.55. The molecule has 0 aromatic carbocycles. The smallest absolute Gasteiger partial charge is 0.206 e. The van der Waals surface area contributed by atoms with Crippen molar-refractivity contribution in [2.24, 2.45) is 0 Å². The van der Waals surface area contributed by atoms with Crippen molar-refractivity contribution in [3.63, 3.8) is 0 Å². The van der Waals surface area contributed by atoms with Crippen LogP contribution >= 0.6 is 0 Å². The lowest BCUT2D eigenvalue weighted by atomic mass is 10.1. The summed E-state index contributed by atoms with van der Waals surface area (Å²) in [7, 11) is 0. The fourth-order valence-corrected chi connectivity index (χ4v) is 4.41. The molecule has 1 aromatic heterocycles. The maximum Gasteiger partial charge on any atom is 0.206 e. The van der Waals surface area contributed by atoms with Gasteiger partial charge < -0.3 is 14.8 Å². The Hall–Kier alpha value is -1.03. The molecule has 21 heavy (non-hydrogen) atoms. The van der Waals surface area contributed by atoms with Gasteiger partial charge in [0.05, 0.1) is 5.69 Å². The number of aromatic nitrogens is 2. The average molecular weight is 288 g/mol. The predicted molar refractivity (Wildman–Crippen MR) is 85.9 cm³/mol. The molecule has 0 amide bonds. The van der Waals surface area contributed by atoms with Gasteiger partial charge in [0.2, 0.25) is 5.95 Å². The van der Waals surface area contributed by atoms with Crippen LogP contribution in [0.5, 0.6) is 0 Å². The zero-order valence-corrected chi connectivity index (χ0v) is 13.2. The minimum absolute atomic E-state index is 0.677. The zero-order valence-electron chi connectivity index (χ0n) is 13.2. The van der Waals surface area contributed by atoms with E-state index in [4.69, 9.17) is 4.98 Å². The molecular weight excluding hydrogens is 260 g/mol. The zero-order chi connectivity index (χ0) is 14.2. The molecular formula is C17H28N4. The maximum atomic E-state index is 4.98. The number of imidazole rings is 1. The SMILES string of the molecule is CCc1cn(C2CCCC2)c(N2CCC3CCC(C2)N3)n1. The molecule has 2 unspecified atom stereocenters. The van der Waals surface area contributed by atoms with Crippen molar-refractivity contribution >= 4 is 5.95 Å². The summed E-state index contributed by atoms with van der Waals surface area (Å²) in [6.07, 6.45) is 12.8. The van der Waals surface area contributed by atoms with E-state index in [1.54, 1.807) is 0 Å². The third-order valence-electron chi connectivity index (χ3n) is 5.65. The van der Waals surface area contributed by atoms with Gasteiger partial charge in [0.1, 0.15) is 0 Å². The molecule has 3 fully saturated rings. The van der Waals surface area contributed by atoms with E-state index in [1.165, 1.54) is 63.1 Å². The molecule has 0 spiro atoms. The van der Waals surface area contributed by atoms with Crippen LogP contribution in [0.15, 0.2) is 6.20 Å². The van der Waals surface area contributed by atoms with E-state index in [-0.39, 0.29) is 0 Å². The third kappa shape index (κ3) is 2.59. The van der Waals surface area contributed by atoms with Gasteiger partial charge in [0.25, 0.3) is 0 Å². The molecule has 3 heterocycles. The van der Waals surface area contributed by atoms with E-state index >= 15 is 0 Å². The molecule has 1 aromatic rings. The summed E-state index contributed by atoms with van der Waals surface area (Å²) in [5.74, 6) is 1.26. The highest BCUT2D eigenvalue weighted by Crippen LogP contribution is 2.34. The van der Waals surface area contributed by atoms with E-state index in [0.717, 1.165) is 19.0 Å². The van der Waals surface area contributed by atoms with E-state index in [1.807, 2.05) is 0 Å². The van der Waals surface area contributed by atoms with Crippen molar-refractivity contribution in [3.8, 4) is 0 Å². The lowest BCUT2D eigenvalue weighted by molar-refractivity contribution is 0.504. The molecule has 116 valence electrons. The second-order valence-corrected chi connectivity index (χ2v) is 7.10. The second kappa shape index (κ2) is 5.64. The molecule has 0 radical (unpaired) electrons. The van der Waals surface area contributed by atoms with Crippen molar-refractivity contribution < 1.29 is 0 Å². The summed E-state index contributed by atoms with van der Waals surface area (Å²) >= 11 is 0. The van der Waals surface area contributed by atoms with Gasteiger partial charge in [-0.05, 0) is 38.5 Å². The van der Waals surface area contributed by atoms with Crippen molar-refractivity contribution in [3.05, 3.63) is 11.9 Å². The molecule has 1 saturated carbocycles. The largest absolute Gasteiger partial charge is 0.341 e. The number of nitrogens with zero attached hydrogens (tertiary/aromatic N) is 3. The van der Waals surface area contributed by atoms with Gasteiger partial charge in [0.15, 0.2) is 0 Å². The standard InChI is InChI=1S/C17H28N4/c1-2-13-12-21(16-5-3-4-6-16)17(19-13)20-10-9-14-7-8-15(11-20)18-14/h12,14-16,18H,2-11H2,1H3. The van der Waals surface area contributed by atoms with Crippen LogP contribution in [0.3, 0.4) is 0 Å². The second-order valence-electron chi connectivity index (χ2n) is 7.10. The number of anilines is 1. The lowest BCUT2D eigenvalue weighted by Gasteiger charge is -2.27. The van der Waals surface area contributed by atoms with Crippen LogP contribution in [0.2, 0.25) is 0 Å². The lowest BCUT2D eigenvalue weighted by Crippen LogP contribution is -2.36. The fourth-order valence-electron chi connectivity index (χ4n) is 4.41. The molecule has 1 N–H and O–H groups in total. The fraction of sp³-hybridized carbons (Fsp3) is 0.824. The van der Waals surface area contributed by atoms with E-state index in [2.05, 4.69) is 27.9 Å². The Bertz CT molecular complexity index is 489. The Morgan fingerprint density at radius 1 is 1.14 bits per heavy atom. The minimum atomic E-state index is 0.677. The number of nitrogens with one attached hydrogen (secondary N) is 1. The van der Waals surface area contributed by atoms with Gasteiger partial charge in [-0.3, -0.25) is 0 Å². The van der Waals surface area contributed by atoms with E-state index in [0.29, 0.717) is 12.1 Å². The van der Waals surface area contributed by atoms with Crippen LogP contribution in [-0.2, 0) is 6.42 Å². The van der Waals surface area contributed by atoms with Crippen molar-refractivity contribution in [1.82, 2.24) is 14.9 Å². The first-order valence-corrected chi connectivity index (χ1v) is 8.92. The van der Waals surface area contributed by atoms with Gasteiger partial charge in [-0.15, -0.1) is 0 Å². The Balaban J connectivity index is 1.61. The maximum absolute atomic E-state index is 4.98. The highest BCUT2D eigenvalue weighted by atomic mass is 15.3. The minimum Gasteiger partial charge on any atom is -0.341 e. The molecule has 4 nitrogen and oxygen atoms in total. The summed E-state index contributed by atoms with van der Waals surface area (Å²) < 4.78 is 2.52. The molecule has 3 aliphatic rings. The molecule has 4 heteroatoms. The number of hydrogen-bond acceptors (Lipinski definition) is 3. The molecule has 2 saturated heterocycles. The molecule has 2 atom stereocenters. The molecule has 1 aliphatic carbocycles. The van der Waals surface area contributed by atoms with Crippen LogP contribution < -0.4 is 10.2 Å². The van der Waals surface area contributed by atoms with Gasteiger partial charge in [0, 0.05) is 37.4 Å². The van der Waals surface area contributed by atoms with Crippen LogP contribution in [0.4, 0.5) is 5.95 Å². The van der Waals surface area contributed by atoms with Crippen LogP contribution in [-0.4, -0.2) is 34.7 Å². The van der Waals surface area contributed by atoms with Gasteiger partial charge in [-0.2, -0.15) is 0 Å². The first-order chi connectivity index (χ1) is 10.3. The van der Waals surface area contributed by atoms with Crippen LogP contribution in [0.1, 0.15) is 63.6 Å². The van der Waals surface area contributed by atoms with E-state index < -0.39 is 0 Å². The monoisotopic (exact) mass is 288 g/mol. The predicted octanol–water partition coefficient (Wildman–Crippen LogP) is 2.89. The molecule has 2 aliphatic heterocycles. The topological polar surface area (TPSA) is 33.1 Å². The van der Waals surface area contributed by atoms with Crippen molar-refractivity contribution in [2.75, 3.05) is 18.0 Å². The first-order valence-electron chi connectivity index (χ1n) is 8.92. The summed E-state index contributed by atoms with van der Waals surface area (Å²) in [5.41, 5.74) is 1.26. The third-order valence-corrected chi connectivity index (χ3v) is 5.65. The number of fused-ring (bicyclic) bond motifs is 2. The highest BCUT2D eigenvalue weighted by molar-refractivity contribution is 5.36. The normalized spacial score (nSPS) is 30.0. The number of aryl methyl sites for hydroxylation is 1. The Kier molecular flexibility index (Phi) is 3.66. The van der Waals surface area contributed by atoms with Gasteiger partial charge >= 0.3 is 0 Å². The quantitative estimate of drug-likeness (QED) is 0.928. The average Bonchev–Trinajstić information content (AvgIpc) is 3.18. The first kappa shape index (κ1) is 13.6. The Morgan fingerprint density at radius 3 is 2.76 bits per heavy atom. The van der Waals surface area contributed by atoms with Crippen LogP contribution in [0.25, 0.3) is 0 Å². The Labute approximate surface area is 127 Å². The summed E-state index contributed by atoms with van der Waals surface area (Å²) in [6.45, 7) is 4.53. The van der Waals surface area contributed by atoms with Crippen molar-refractivity contribution in [2.45, 2.75) is 76.4 Å². The van der Waals surface area contributed by atoms with E-state index in [9.17, 15) is 0 Å². The van der Waals surface area contributed by atoms with Gasteiger partial charge in [-0.25, -0.2) is 4.98 Å². The summed E-state index contributed by atoms with van der Waals surface area (Å²) in [5, 5.41) is 3.78.